The van der Waals surface area contributed by atoms with Crippen molar-refractivity contribution in [2.45, 2.75) is 25.4 Å². The van der Waals surface area contributed by atoms with Crippen molar-refractivity contribution in [1.82, 2.24) is 9.55 Å². The van der Waals surface area contributed by atoms with Crippen LogP contribution in [0.5, 0.6) is 0 Å². The van der Waals surface area contributed by atoms with Gasteiger partial charge in [-0.1, -0.05) is 12.1 Å². The van der Waals surface area contributed by atoms with E-state index in [1.54, 1.807) is 4.90 Å². The van der Waals surface area contributed by atoms with Crippen LogP contribution in [0.4, 0.5) is 5.95 Å². The Labute approximate surface area is 128 Å². The monoisotopic (exact) mass is 300 g/mol. The predicted octanol–water partition coefficient (Wildman–Crippen LogP) is 1.14. The summed E-state index contributed by atoms with van der Waals surface area (Å²) in [6.07, 6.45) is 1.72. The summed E-state index contributed by atoms with van der Waals surface area (Å²) < 4.78 is 7.46. The van der Waals surface area contributed by atoms with Crippen LogP contribution in [0.15, 0.2) is 24.3 Å². The molecule has 4 rings (SSSR count). The standard InChI is InChI=1S/C16H20N4O2/c17-14(11-5-9-22-10-6-11)15(21)20-8-7-19-13-4-2-1-3-12(13)18-16(19)20/h1-4,11,14H,5-10,17H2. The van der Waals surface area contributed by atoms with E-state index in [2.05, 4.69) is 9.55 Å². The Kier molecular flexibility index (Phi) is 3.35. The fraction of sp³-hybridized carbons (Fsp3) is 0.500. The summed E-state index contributed by atoms with van der Waals surface area (Å²) in [5, 5.41) is 0. The second-order valence-electron chi connectivity index (χ2n) is 6.02. The number of para-hydroxylation sites is 2. The molecular formula is C16H20N4O2. The Hall–Kier alpha value is -1.92. The van der Waals surface area contributed by atoms with Crippen molar-refractivity contribution in [3.63, 3.8) is 0 Å². The molecule has 1 unspecified atom stereocenters. The highest BCUT2D eigenvalue weighted by molar-refractivity contribution is 5.98. The molecule has 116 valence electrons. The topological polar surface area (TPSA) is 73.4 Å². The van der Waals surface area contributed by atoms with Crippen LogP contribution in [-0.2, 0) is 16.1 Å². The van der Waals surface area contributed by atoms with Crippen LogP contribution in [0.25, 0.3) is 11.0 Å². The molecule has 1 aromatic heterocycles. The maximum Gasteiger partial charge on any atom is 0.246 e. The first-order valence-corrected chi connectivity index (χ1v) is 7.85. The first-order valence-electron chi connectivity index (χ1n) is 7.85. The van der Waals surface area contributed by atoms with Gasteiger partial charge >= 0.3 is 0 Å². The van der Waals surface area contributed by atoms with Crippen LogP contribution in [0, 0.1) is 5.92 Å². The van der Waals surface area contributed by atoms with E-state index in [0.29, 0.717) is 19.8 Å². The third-order valence-corrected chi connectivity index (χ3v) is 4.75. The summed E-state index contributed by atoms with van der Waals surface area (Å²) in [7, 11) is 0. The third kappa shape index (κ3) is 2.10. The van der Waals surface area contributed by atoms with Crippen molar-refractivity contribution < 1.29 is 9.53 Å². The summed E-state index contributed by atoms with van der Waals surface area (Å²) in [5.74, 6) is 0.925. The number of fused-ring (bicyclic) bond motifs is 3. The number of nitrogens with zero attached hydrogens (tertiary/aromatic N) is 3. The Morgan fingerprint density at radius 3 is 2.86 bits per heavy atom. The van der Waals surface area contributed by atoms with Gasteiger partial charge in [0.2, 0.25) is 11.9 Å². The number of hydrogen-bond donors (Lipinski definition) is 1. The van der Waals surface area contributed by atoms with E-state index in [-0.39, 0.29) is 11.8 Å². The molecule has 1 fully saturated rings. The largest absolute Gasteiger partial charge is 0.381 e. The number of aromatic nitrogens is 2. The van der Waals surface area contributed by atoms with Crippen LogP contribution in [0.3, 0.4) is 0 Å². The average Bonchev–Trinajstić information content (AvgIpc) is 3.13. The van der Waals surface area contributed by atoms with Gasteiger partial charge in [-0.25, -0.2) is 4.98 Å². The van der Waals surface area contributed by atoms with Crippen LogP contribution in [0.2, 0.25) is 0 Å². The second-order valence-corrected chi connectivity index (χ2v) is 6.02. The molecule has 1 amide bonds. The smallest absolute Gasteiger partial charge is 0.246 e. The number of benzene rings is 1. The van der Waals surface area contributed by atoms with Gasteiger partial charge in [0.1, 0.15) is 0 Å². The highest BCUT2D eigenvalue weighted by Crippen LogP contribution is 2.29. The lowest BCUT2D eigenvalue weighted by Crippen LogP contribution is -2.48. The van der Waals surface area contributed by atoms with Crippen molar-refractivity contribution in [1.29, 1.82) is 0 Å². The molecule has 0 saturated carbocycles. The first-order chi connectivity index (χ1) is 10.8. The highest BCUT2D eigenvalue weighted by Gasteiger charge is 2.35. The van der Waals surface area contributed by atoms with E-state index in [1.165, 1.54) is 0 Å². The van der Waals surface area contributed by atoms with Gasteiger partial charge in [-0.15, -0.1) is 0 Å². The molecule has 0 radical (unpaired) electrons. The zero-order chi connectivity index (χ0) is 15.1. The van der Waals surface area contributed by atoms with Gasteiger partial charge in [0.25, 0.3) is 0 Å². The van der Waals surface area contributed by atoms with Gasteiger partial charge in [0.05, 0.1) is 17.1 Å². The van der Waals surface area contributed by atoms with Crippen LogP contribution < -0.4 is 10.6 Å². The van der Waals surface area contributed by atoms with E-state index >= 15 is 0 Å². The molecular weight excluding hydrogens is 280 g/mol. The number of imidazole rings is 1. The molecule has 0 aliphatic carbocycles. The SMILES string of the molecule is NC(C(=O)N1CCn2c1nc1ccccc12)C1CCOCC1. The van der Waals surface area contributed by atoms with E-state index in [4.69, 9.17) is 10.5 Å². The number of carbonyl (C=O) groups is 1. The van der Waals surface area contributed by atoms with E-state index in [0.717, 1.165) is 36.4 Å². The number of hydrogen-bond acceptors (Lipinski definition) is 4. The molecule has 22 heavy (non-hydrogen) atoms. The molecule has 0 spiro atoms. The molecule has 2 aliphatic rings. The fourth-order valence-corrected chi connectivity index (χ4v) is 3.45. The van der Waals surface area contributed by atoms with Crippen molar-refractivity contribution in [3.8, 4) is 0 Å². The minimum absolute atomic E-state index is 0.0130. The number of rotatable bonds is 2. The molecule has 6 nitrogen and oxygen atoms in total. The predicted molar refractivity (Wildman–Crippen MR) is 83.6 cm³/mol. The third-order valence-electron chi connectivity index (χ3n) is 4.75. The average molecular weight is 300 g/mol. The van der Waals surface area contributed by atoms with Gasteiger partial charge in [0, 0.05) is 26.3 Å². The van der Waals surface area contributed by atoms with Crippen molar-refractivity contribution in [2.75, 3.05) is 24.7 Å². The summed E-state index contributed by atoms with van der Waals surface area (Å²) in [4.78, 5) is 19.2. The lowest BCUT2D eigenvalue weighted by atomic mass is 9.91. The molecule has 2 N–H and O–H groups in total. The second kappa shape index (κ2) is 5.37. The Balaban J connectivity index is 1.61. The molecule has 3 heterocycles. The van der Waals surface area contributed by atoms with Gasteiger partial charge in [0.15, 0.2) is 0 Å². The Bertz CT molecular complexity index is 705. The lowest BCUT2D eigenvalue weighted by molar-refractivity contribution is -0.121. The first kappa shape index (κ1) is 13.7. The number of anilines is 1. The number of ether oxygens (including phenoxy) is 1. The molecule has 1 saturated heterocycles. The molecule has 2 aliphatic heterocycles. The maximum atomic E-state index is 12.8. The molecule has 1 aromatic carbocycles. The number of nitrogens with two attached hydrogens (primary N) is 1. The summed E-state index contributed by atoms with van der Waals surface area (Å²) in [5.41, 5.74) is 8.24. The Morgan fingerprint density at radius 2 is 2.05 bits per heavy atom. The van der Waals surface area contributed by atoms with Crippen LogP contribution in [-0.4, -0.2) is 41.3 Å². The molecule has 1 atom stereocenters. The zero-order valence-corrected chi connectivity index (χ0v) is 12.4. The van der Waals surface area contributed by atoms with Crippen molar-refractivity contribution >= 4 is 22.9 Å². The summed E-state index contributed by atoms with van der Waals surface area (Å²) >= 11 is 0. The molecule has 0 bridgehead atoms. The molecule has 2 aromatic rings. The fourth-order valence-electron chi connectivity index (χ4n) is 3.45. The van der Waals surface area contributed by atoms with Gasteiger partial charge in [-0.2, -0.15) is 0 Å². The Morgan fingerprint density at radius 1 is 1.27 bits per heavy atom. The van der Waals surface area contributed by atoms with Crippen molar-refractivity contribution in [3.05, 3.63) is 24.3 Å². The minimum Gasteiger partial charge on any atom is -0.381 e. The van der Waals surface area contributed by atoms with Gasteiger partial charge < -0.3 is 15.0 Å². The lowest BCUT2D eigenvalue weighted by Gasteiger charge is -2.29. The highest BCUT2D eigenvalue weighted by atomic mass is 16.5. The summed E-state index contributed by atoms with van der Waals surface area (Å²) in [6.45, 7) is 2.83. The minimum atomic E-state index is -0.463. The van der Waals surface area contributed by atoms with Crippen LogP contribution in [0.1, 0.15) is 12.8 Å². The van der Waals surface area contributed by atoms with Crippen molar-refractivity contribution in [2.24, 2.45) is 11.7 Å². The number of carbonyl (C=O) groups excluding carboxylic acids is 1. The quantitative estimate of drug-likeness (QED) is 0.902. The van der Waals surface area contributed by atoms with Gasteiger partial charge in [-0.3, -0.25) is 9.69 Å². The maximum absolute atomic E-state index is 12.8. The van der Waals surface area contributed by atoms with E-state index in [1.807, 2.05) is 24.3 Å². The van der Waals surface area contributed by atoms with Crippen LogP contribution >= 0.6 is 0 Å². The van der Waals surface area contributed by atoms with Gasteiger partial charge in [-0.05, 0) is 30.9 Å². The van der Waals surface area contributed by atoms with E-state index < -0.39 is 6.04 Å². The van der Waals surface area contributed by atoms with E-state index in [9.17, 15) is 4.79 Å². The normalized spacial score (nSPS) is 20.3. The molecule has 6 heteroatoms. The summed E-state index contributed by atoms with van der Waals surface area (Å²) in [6, 6.07) is 7.51. The zero-order valence-electron chi connectivity index (χ0n) is 12.4. The number of amides is 1.